The molecule has 3 rings (SSSR count). The minimum Gasteiger partial charge on any atom is -0.497 e. The second kappa shape index (κ2) is 6.99. The van der Waals surface area contributed by atoms with E-state index >= 15 is 0 Å². The highest BCUT2D eigenvalue weighted by molar-refractivity contribution is 7.98. The highest BCUT2D eigenvalue weighted by atomic mass is 32.2. The van der Waals surface area contributed by atoms with Gasteiger partial charge in [-0.05, 0) is 36.1 Å². The molecular weight excluding hydrogens is 310 g/mol. The molecule has 1 aromatic heterocycles. The Labute approximate surface area is 139 Å². The molecule has 0 amide bonds. The number of rotatable bonds is 5. The van der Waals surface area contributed by atoms with E-state index < -0.39 is 0 Å². The molecule has 0 unspecified atom stereocenters. The molecule has 0 spiro atoms. The van der Waals surface area contributed by atoms with Gasteiger partial charge in [0.15, 0.2) is 6.54 Å². The van der Waals surface area contributed by atoms with E-state index in [1.807, 2.05) is 12.1 Å². The Hall–Kier alpha value is -1.78. The maximum atomic E-state index is 5.22. The minimum atomic E-state index is 0.887. The molecule has 0 N–H and O–H groups in total. The van der Waals surface area contributed by atoms with Crippen molar-refractivity contribution in [2.45, 2.75) is 11.6 Å². The van der Waals surface area contributed by atoms with Crippen molar-refractivity contribution < 1.29 is 8.69 Å². The van der Waals surface area contributed by atoms with E-state index in [0.29, 0.717) is 0 Å². The lowest BCUT2D eigenvalue weighted by Crippen LogP contribution is -2.31. The van der Waals surface area contributed by atoms with Crippen molar-refractivity contribution >= 4 is 23.3 Å². The summed E-state index contributed by atoms with van der Waals surface area (Å²) < 4.78 is 7.56. The fraction of sp³-hybridized carbons (Fsp3) is 0.167. The molecular formula is C18H18NOS2+. The van der Waals surface area contributed by atoms with Crippen LogP contribution in [0, 0.1) is 0 Å². The Balaban J connectivity index is 1.88. The molecule has 112 valence electrons. The predicted octanol–water partition coefficient (Wildman–Crippen LogP) is 4.48. The third-order valence-corrected chi connectivity index (χ3v) is 5.43. The summed E-state index contributed by atoms with van der Waals surface area (Å²) in [7, 11) is 1.70. The highest BCUT2D eigenvalue weighted by Crippen LogP contribution is 2.27. The number of hydrogen-bond acceptors (Lipinski definition) is 3. The molecule has 0 aliphatic rings. The van der Waals surface area contributed by atoms with Crippen LogP contribution < -0.4 is 8.69 Å². The number of nitrogens with zero attached hydrogens (tertiary/aromatic N) is 1. The fourth-order valence-corrected chi connectivity index (χ4v) is 4.19. The third-order valence-electron chi connectivity index (χ3n) is 3.46. The first-order valence-corrected chi connectivity index (χ1v) is 9.06. The van der Waals surface area contributed by atoms with E-state index in [9.17, 15) is 0 Å². The van der Waals surface area contributed by atoms with Gasteiger partial charge in [-0.2, -0.15) is 0 Å². The van der Waals surface area contributed by atoms with Crippen molar-refractivity contribution in [2.75, 3.05) is 13.4 Å². The Kier molecular flexibility index (Phi) is 4.80. The van der Waals surface area contributed by atoms with Crippen LogP contribution in [0.25, 0.3) is 10.4 Å². The van der Waals surface area contributed by atoms with Crippen LogP contribution in [-0.4, -0.2) is 13.4 Å². The summed E-state index contributed by atoms with van der Waals surface area (Å²) in [5, 5.41) is 1.29. The lowest BCUT2D eigenvalue weighted by atomic mass is 10.2. The summed E-state index contributed by atoms with van der Waals surface area (Å²) in [5.74, 6) is 0.898. The number of hydrogen-bond donors (Lipinski definition) is 0. The molecule has 1 heterocycles. The van der Waals surface area contributed by atoms with Crippen LogP contribution in [0.2, 0.25) is 0 Å². The molecule has 0 saturated heterocycles. The quantitative estimate of drug-likeness (QED) is 0.506. The lowest BCUT2D eigenvalue weighted by molar-refractivity contribution is -0.657. The third kappa shape index (κ3) is 3.34. The summed E-state index contributed by atoms with van der Waals surface area (Å²) in [6.45, 7) is 0.887. The average molecular weight is 328 g/mol. The smallest absolute Gasteiger partial charge is 0.255 e. The molecule has 4 heteroatoms. The SMILES string of the molecule is COc1ccc(C[n+]2sc(-c3ccccc3)cc2SC)cc1. The largest absolute Gasteiger partial charge is 0.497 e. The van der Waals surface area contributed by atoms with Gasteiger partial charge in [0.1, 0.15) is 22.2 Å². The van der Waals surface area contributed by atoms with Gasteiger partial charge in [-0.25, -0.2) is 0 Å². The molecule has 3 aromatic rings. The van der Waals surface area contributed by atoms with Crippen molar-refractivity contribution in [3.63, 3.8) is 0 Å². The summed E-state index contributed by atoms with van der Waals surface area (Å²) in [5.41, 5.74) is 2.55. The van der Waals surface area contributed by atoms with E-state index in [-0.39, 0.29) is 0 Å². The van der Waals surface area contributed by atoms with Crippen LogP contribution in [0.1, 0.15) is 5.56 Å². The predicted molar refractivity (Wildman–Crippen MR) is 93.8 cm³/mol. The zero-order chi connectivity index (χ0) is 15.4. The van der Waals surface area contributed by atoms with Gasteiger partial charge in [-0.3, -0.25) is 0 Å². The number of methoxy groups -OCH3 is 1. The zero-order valence-corrected chi connectivity index (χ0v) is 14.3. The molecule has 0 radical (unpaired) electrons. The molecule has 2 nitrogen and oxygen atoms in total. The molecule has 0 saturated carbocycles. The first-order chi connectivity index (χ1) is 10.8. The Morgan fingerprint density at radius 3 is 2.41 bits per heavy atom. The van der Waals surface area contributed by atoms with E-state index in [4.69, 9.17) is 4.74 Å². The Morgan fingerprint density at radius 2 is 1.77 bits per heavy atom. The molecule has 0 bridgehead atoms. The topological polar surface area (TPSA) is 13.1 Å². The molecule has 0 aliphatic heterocycles. The van der Waals surface area contributed by atoms with E-state index in [1.54, 1.807) is 30.4 Å². The maximum Gasteiger partial charge on any atom is 0.255 e. The minimum absolute atomic E-state index is 0.887. The second-order valence-electron chi connectivity index (χ2n) is 4.89. The van der Waals surface area contributed by atoms with Crippen LogP contribution in [-0.2, 0) is 6.54 Å². The number of ether oxygens (including phenoxy) is 1. The summed E-state index contributed by atoms with van der Waals surface area (Å²) in [4.78, 5) is 1.30. The summed E-state index contributed by atoms with van der Waals surface area (Å²) >= 11 is 3.59. The van der Waals surface area contributed by atoms with Crippen LogP contribution >= 0.6 is 23.3 Å². The van der Waals surface area contributed by atoms with Crippen LogP contribution in [0.4, 0.5) is 0 Å². The summed E-state index contributed by atoms with van der Waals surface area (Å²) in [6.07, 6.45) is 2.13. The van der Waals surface area contributed by atoms with Crippen molar-refractivity contribution in [1.29, 1.82) is 0 Å². The zero-order valence-electron chi connectivity index (χ0n) is 12.7. The fourth-order valence-electron chi connectivity index (χ4n) is 2.28. The highest BCUT2D eigenvalue weighted by Gasteiger charge is 2.18. The Bertz CT molecular complexity index is 736. The number of benzene rings is 2. The normalized spacial score (nSPS) is 10.6. The van der Waals surface area contributed by atoms with Crippen LogP contribution in [0.15, 0.2) is 65.7 Å². The van der Waals surface area contributed by atoms with Gasteiger partial charge in [0, 0.05) is 11.6 Å². The average Bonchev–Trinajstić information content (AvgIpc) is 2.99. The van der Waals surface area contributed by atoms with Crippen LogP contribution in [0.5, 0.6) is 5.75 Å². The standard InChI is InChI=1S/C18H18NOS2/c1-20-16-10-8-14(9-11-16)13-19-18(21-2)12-17(22-19)15-6-4-3-5-7-15/h3-12H,13H2,1-2H3/q+1. The maximum absolute atomic E-state index is 5.22. The van der Waals surface area contributed by atoms with E-state index in [0.717, 1.165) is 12.3 Å². The second-order valence-corrected chi connectivity index (χ2v) is 6.78. The van der Waals surface area contributed by atoms with E-state index in [1.165, 1.54) is 21.0 Å². The molecule has 0 fully saturated rings. The van der Waals surface area contributed by atoms with E-state index in [2.05, 4.69) is 58.7 Å². The lowest BCUT2D eigenvalue weighted by Gasteiger charge is -2.00. The van der Waals surface area contributed by atoms with Crippen molar-refractivity contribution in [3.8, 4) is 16.2 Å². The monoisotopic (exact) mass is 328 g/mol. The first kappa shape index (κ1) is 15.1. The van der Waals surface area contributed by atoms with Gasteiger partial charge in [0.05, 0.1) is 7.11 Å². The Morgan fingerprint density at radius 1 is 1.05 bits per heavy atom. The first-order valence-electron chi connectivity index (χ1n) is 7.06. The van der Waals surface area contributed by atoms with Gasteiger partial charge in [0.2, 0.25) is 0 Å². The number of aromatic nitrogens is 1. The van der Waals surface area contributed by atoms with Gasteiger partial charge >= 0.3 is 0 Å². The number of thioether (sulfide) groups is 1. The van der Waals surface area contributed by atoms with Gasteiger partial charge < -0.3 is 4.74 Å². The van der Waals surface area contributed by atoms with Crippen molar-refractivity contribution in [1.82, 2.24) is 0 Å². The van der Waals surface area contributed by atoms with Gasteiger partial charge in [0.25, 0.3) is 5.03 Å². The summed E-state index contributed by atoms with van der Waals surface area (Å²) in [6, 6.07) is 21.1. The van der Waals surface area contributed by atoms with Crippen molar-refractivity contribution in [3.05, 3.63) is 66.2 Å². The molecule has 0 atom stereocenters. The molecule has 2 aromatic carbocycles. The van der Waals surface area contributed by atoms with Gasteiger partial charge in [-0.15, -0.1) is 3.96 Å². The molecule has 0 aliphatic carbocycles. The molecule has 22 heavy (non-hydrogen) atoms. The van der Waals surface area contributed by atoms with Crippen LogP contribution in [0.3, 0.4) is 0 Å². The van der Waals surface area contributed by atoms with Gasteiger partial charge in [-0.1, -0.05) is 42.1 Å². The van der Waals surface area contributed by atoms with Crippen molar-refractivity contribution in [2.24, 2.45) is 0 Å².